The molecule has 1 aromatic carbocycles. The highest BCUT2D eigenvalue weighted by atomic mass is 32.2. The van der Waals surface area contributed by atoms with Crippen LogP contribution in [0.4, 0.5) is 19.3 Å². The molecule has 0 aromatic heterocycles. The summed E-state index contributed by atoms with van der Waals surface area (Å²) in [6.07, 6.45) is -0.260. The Morgan fingerprint density at radius 2 is 1.87 bits per heavy atom. The van der Waals surface area contributed by atoms with Crippen molar-refractivity contribution in [1.29, 1.82) is 0 Å². The van der Waals surface area contributed by atoms with Gasteiger partial charge in [-0.05, 0) is 12.1 Å². The smallest absolute Gasteiger partial charge is 0.407 e. The predicted molar refractivity (Wildman–Crippen MR) is 77.8 cm³/mol. The van der Waals surface area contributed by atoms with E-state index >= 15 is 0 Å². The van der Waals surface area contributed by atoms with Gasteiger partial charge in [-0.25, -0.2) is 13.6 Å². The summed E-state index contributed by atoms with van der Waals surface area (Å²) in [7, 11) is -3.83. The summed E-state index contributed by atoms with van der Waals surface area (Å²) in [5.41, 5.74) is -0.392. The van der Waals surface area contributed by atoms with E-state index in [1.165, 1.54) is 11.0 Å². The van der Waals surface area contributed by atoms with Crippen LogP contribution in [0.5, 0.6) is 0 Å². The molecule has 1 N–H and O–H groups in total. The fraction of sp³-hybridized carbons (Fsp3) is 0.462. The summed E-state index contributed by atoms with van der Waals surface area (Å²) >= 11 is 0. The van der Waals surface area contributed by atoms with Crippen LogP contribution >= 0.6 is 0 Å². The van der Waals surface area contributed by atoms with E-state index in [-0.39, 0.29) is 31.9 Å². The van der Waals surface area contributed by atoms with Crippen molar-refractivity contribution < 1.29 is 31.3 Å². The van der Waals surface area contributed by atoms with E-state index in [4.69, 9.17) is 5.11 Å². The molecular weight excluding hydrogens is 334 g/mol. The molecule has 1 heterocycles. The molecule has 0 atom stereocenters. The average Bonchev–Trinajstić information content (AvgIpc) is 2.46. The second kappa shape index (κ2) is 6.67. The molecule has 1 amide bonds. The van der Waals surface area contributed by atoms with Crippen molar-refractivity contribution in [3.63, 3.8) is 0 Å². The Bertz CT molecular complexity index is 703. The lowest BCUT2D eigenvalue weighted by Gasteiger charge is -2.35. The molecular formula is C13H16F2N2O5S. The first-order valence-electron chi connectivity index (χ1n) is 6.73. The number of amides is 1. The van der Waals surface area contributed by atoms with Gasteiger partial charge in [-0.1, -0.05) is 0 Å². The van der Waals surface area contributed by atoms with Crippen molar-refractivity contribution in [2.24, 2.45) is 0 Å². The molecule has 7 nitrogen and oxygen atoms in total. The van der Waals surface area contributed by atoms with Gasteiger partial charge in [-0.3, -0.25) is 4.18 Å². The molecule has 1 saturated heterocycles. The zero-order valence-electron chi connectivity index (χ0n) is 12.3. The quantitative estimate of drug-likeness (QED) is 0.822. The maximum absolute atomic E-state index is 14.5. The largest absolute Gasteiger partial charge is 0.465 e. The minimum atomic E-state index is -3.83. The fourth-order valence-corrected chi connectivity index (χ4v) is 2.60. The minimum absolute atomic E-state index is 0.0866. The highest BCUT2D eigenvalue weighted by molar-refractivity contribution is 7.85. The van der Waals surface area contributed by atoms with Gasteiger partial charge < -0.3 is 14.9 Å². The molecule has 1 aliphatic rings. The van der Waals surface area contributed by atoms with Gasteiger partial charge in [0.2, 0.25) is 0 Å². The Kier molecular flexibility index (Phi) is 5.05. The van der Waals surface area contributed by atoms with Crippen LogP contribution in [-0.2, 0) is 20.9 Å². The highest BCUT2D eigenvalue weighted by Crippen LogP contribution is 2.26. The number of piperazine rings is 1. The number of benzene rings is 1. The van der Waals surface area contributed by atoms with Crippen LogP contribution in [0, 0.1) is 11.6 Å². The Morgan fingerprint density at radius 3 is 2.39 bits per heavy atom. The molecule has 2 rings (SSSR count). The van der Waals surface area contributed by atoms with E-state index in [2.05, 4.69) is 4.18 Å². The number of carboxylic acid groups (broad SMARTS) is 1. The number of halogens is 2. The van der Waals surface area contributed by atoms with Crippen LogP contribution < -0.4 is 4.90 Å². The lowest BCUT2D eigenvalue weighted by atomic mass is 10.1. The monoisotopic (exact) mass is 350 g/mol. The van der Waals surface area contributed by atoms with E-state index in [0.29, 0.717) is 0 Å². The molecule has 0 spiro atoms. The molecule has 23 heavy (non-hydrogen) atoms. The first-order valence-corrected chi connectivity index (χ1v) is 8.55. The second-order valence-electron chi connectivity index (χ2n) is 5.08. The van der Waals surface area contributed by atoms with Crippen molar-refractivity contribution in [2.75, 3.05) is 37.3 Å². The standard InChI is InChI=1S/C13H16F2N2O5S/c1-23(20,21)22-8-9-10(14)2-3-11(12(9)15)16-4-6-17(7-5-16)13(18)19/h2-3H,4-8H2,1H3,(H,18,19). The number of anilines is 1. The number of carbonyl (C=O) groups is 1. The first kappa shape index (κ1) is 17.4. The molecule has 10 heteroatoms. The number of rotatable bonds is 4. The third kappa shape index (κ3) is 4.29. The van der Waals surface area contributed by atoms with Crippen molar-refractivity contribution in [3.05, 3.63) is 29.3 Å². The van der Waals surface area contributed by atoms with Gasteiger partial charge in [0.05, 0.1) is 24.1 Å². The predicted octanol–water partition coefficient (Wildman–Crippen LogP) is 1.24. The average molecular weight is 350 g/mol. The van der Waals surface area contributed by atoms with E-state index in [1.807, 2.05) is 0 Å². The Hall–Kier alpha value is -1.94. The van der Waals surface area contributed by atoms with Crippen molar-refractivity contribution in [1.82, 2.24) is 4.90 Å². The van der Waals surface area contributed by atoms with Gasteiger partial charge in [0.15, 0.2) is 5.82 Å². The van der Waals surface area contributed by atoms with Crippen LogP contribution in [-0.4, -0.2) is 57.0 Å². The zero-order valence-corrected chi connectivity index (χ0v) is 13.1. The number of nitrogens with zero attached hydrogens (tertiary/aromatic N) is 2. The molecule has 0 aliphatic carbocycles. The summed E-state index contributed by atoms with van der Waals surface area (Å²) in [4.78, 5) is 13.6. The van der Waals surface area contributed by atoms with Gasteiger partial charge in [-0.2, -0.15) is 8.42 Å². The lowest BCUT2D eigenvalue weighted by molar-refractivity contribution is 0.142. The van der Waals surface area contributed by atoms with Crippen LogP contribution in [0.2, 0.25) is 0 Å². The third-order valence-electron chi connectivity index (χ3n) is 3.47. The summed E-state index contributed by atoms with van der Waals surface area (Å²) < 4.78 is 54.6. The van der Waals surface area contributed by atoms with E-state index < -0.39 is 40.0 Å². The van der Waals surface area contributed by atoms with Crippen molar-refractivity contribution in [3.8, 4) is 0 Å². The number of hydrogen-bond acceptors (Lipinski definition) is 5. The molecule has 1 aliphatic heterocycles. The molecule has 1 aromatic rings. The normalized spacial score (nSPS) is 15.8. The Balaban J connectivity index is 2.19. The SMILES string of the molecule is CS(=O)(=O)OCc1c(F)ccc(N2CCN(C(=O)O)CC2)c1F. The lowest BCUT2D eigenvalue weighted by Crippen LogP contribution is -2.48. The summed E-state index contributed by atoms with van der Waals surface area (Å²) in [6, 6.07) is 2.27. The molecule has 0 radical (unpaired) electrons. The maximum Gasteiger partial charge on any atom is 0.407 e. The summed E-state index contributed by atoms with van der Waals surface area (Å²) in [6.45, 7) is 0.157. The fourth-order valence-electron chi connectivity index (χ4n) is 2.27. The van der Waals surface area contributed by atoms with Crippen molar-refractivity contribution >= 4 is 21.9 Å². The van der Waals surface area contributed by atoms with Gasteiger partial charge in [-0.15, -0.1) is 0 Å². The van der Waals surface area contributed by atoms with Crippen LogP contribution in [0.15, 0.2) is 12.1 Å². The molecule has 0 unspecified atom stereocenters. The first-order chi connectivity index (χ1) is 10.7. The molecule has 128 valence electrons. The van der Waals surface area contributed by atoms with Crippen LogP contribution in [0.3, 0.4) is 0 Å². The van der Waals surface area contributed by atoms with E-state index in [0.717, 1.165) is 12.3 Å². The maximum atomic E-state index is 14.5. The van der Waals surface area contributed by atoms with Gasteiger partial charge in [0.1, 0.15) is 5.82 Å². The molecule has 1 fully saturated rings. The van der Waals surface area contributed by atoms with Crippen LogP contribution in [0.1, 0.15) is 5.56 Å². The van der Waals surface area contributed by atoms with Gasteiger partial charge in [0.25, 0.3) is 10.1 Å². The Morgan fingerprint density at radius 1 is 1.26 bits per heavy atom. The molecule has 0 saturated carbocycles. The number of hydrogen-bond donors (Lipinski definition) is 1. The zero-order chi connectivity index (χ0) is 17.2. The Labute approximate surface area is 132 Å². The topological polar surface area (TPSA) is 87.2 Å². The third-order valence-corrected chi connectivity index (χ3v) is 4.02. The van der Waals surface area contributed by atoms with E-state index in [9.17, 15) is 22.0 Å². The van der Waals surface area contributed by atoms with Crippen LogP contribution in [0.25, 0.3) is 0 Å². The minimum Gasteiger partial charge on any atom is -0.465 e. The summed E-state index contributed by atoms with van der Waals surface area (Å²) in [5.74, 6) is -1.81. The summed E-state index contributed by atoms with van der Waals surface area (Å²) in [5, 5.41) is 8.89. The molecule has 0 bridgehead atoms. The highest BCUT2D eigenvalue weighted by Gasteiger charge is 2.24. The van der Waals surface area contributed by atoms with Crippen molar-refractivity contribution in [2.45, 2.75) is 6.61 Å². The van der Waals surface area contributed by atoms with E-state index in [1.54, 1.807) is 4.90 Å². The second-order valence-corrected chi connectivity index (χ2v) is 6.73. The van der Waals surface area contributed by atoms with Gasteiger partial charge >= 0.3 is 6.09 Å². The van der Waals surface area contributed by atoms with Gasteiger partial charge in [0, 0.05) is 26.2 Å².